The third-order valence-electron chi connectivity index (χ3n) is 4.85. The number of benzene rings is 2. The monoisotopic (exact) mass is 417 g/mol. The molecule has 1 heterocycles. The fourth-order valence-electron chi connectivity index (χ4n) is 3.05. The van der Waals surface area contributed by atoms with Gasteiger partial charge in [0.25, 0.3) is 0 Å². The summed E-state index contributed by atoms with van der Waals surface area (Å²) >= 11 is 0. The van der Waals surface area contributed by atoms with E-state index in [0.29, 0.717) is 28.8 Å². The van der Waals surface area contributed by atoms with Gasteiger partial charge in [0.05, 0.1) is 10.6 Å². The Bertz CT molecular complexity index is 1120. The maximum Gasteiger partial charge on any atom is 0.243 e. The lowest BCUT2D eigenvalue weighted by molar-refractivity contribution is 0.384. The molecule has 0 saturated heterocycles. The average Bonchev–Trinajstić information content (AvgIpc) is 2.70. The number of hydrogen-bond donors (Lipinski definition) is 0. The highest BCUT2D eigenvalue weighted by molar-refractivity contribution is 7.89. The molecule has 1 unspecified atom stereocenters. The van der Waals surface area contributed by atoms with Gasteiger partial charge in [0.1, 0.15) is 0 Å². The highest BCUT2D eigenvalue weighted by Gasteiger charge is 2.26. The Balaban J connectivity index is 1.86. The van der Waals surface area contributed by atoms with Gasteiger partial charge in [0, 0.05) is 38.1 Å². The third-order valence-corrected chi connectivity index (χ3v) is 6.82. The van der Waals surface area contributed by atoms with E-state index in [-0.39, 0.29) is 10.9 Å². The molecular formula is C21H21F2N3O2S. The summed E-state index contributed by atoms with van der Waals surface area (Å²) in [5, 5.41) is 0. The van der Waals surface area contributed by atoms with Crippen LogP contribution in [0.25, 0.3) is 11.1 Å². The predicted molar refractivity (Wildman–Crippen MR) is 107 cm³/mol. The molecule has 5 nitrogen and oxygen atoms in total. The summed E-state index contributed by atoms with van der Waals surface area (Å²) in [6.45, 7) is 3.54. The second-order valence-electron chi connectivity index (χ2n) is 6.88. The van der Waals surface area contributed by atoms with Gasteiger partial charge >= 0.3 is 0 Å². The minimum Gasteiger partial charge on any atom is -0.261 e. The van der Waals surface area contributed by atoms with Crippen molar-refractivity contribution in [3.63, 3.8) is 0 Å². The second-order valence-corrected chi connectivity index (χ2v) is 8.87. The predicted octanol–water partition coefficient (Wildman–Crippen LogP) is 3.98. The fourth-order valence-corrected chi connectivity index (χ4v) is 4.50. The maximum absolute atomic E-state index is 13.6. The molecule has 0 fully saturated rings. The van der Waals surface area contributed by atoms with Crippen molar-refractivity contribution in [1.82, 2.24) is 14.3 Å². The quantitative estimate of drug-likeness (QED) is 0.609. The van der Waals surface area contributed by atoms with E-state index in [4.69, 9.17) is 0 Å². The van der Waals surface area contributed by atoms with Gasteiger partial charge in [0.2, 0.25) is 10.0 Å². The molecule has 0 bridgehead atoms. The largest absolute Gasteiger partial charge is 0.261 e. The van der Waals surface area contributed by atoms with Gasteiger partial charge in [-0.2, -0.15) is 4.31 Å². The lowest BCUT2D eigenvalue weighted by atomic mass is 10.0. The zero-order chi connectivity index (χ0) is 21.2. The van der Waals surface area contributed by atoms with Crippen LogP contribution in [0.1, 0.15) is 18.2 Å². The third kappa shape index (κ3) is 4.49. The standard InChI is InChI=1S/C21H21F2N3O2S/c1-14-10-18(5-6-19(14)16-4-7-20(22)21(23)12-16)29(27,28)26(3)15(2)11-17-13-24-8-9-25-17/h4-10,12-13,15H,11H2,1-3H3. The van der Waals surface area contributed by atoms with Crippen molar-refractivity contribution < 1.29 is 17.2 Å². The first-order chi connectivity index (χ1) is 13.7. The molecule has 152 valence electrons. The van der Waals surface area contributed by atoms with Crippen LogP contribution in [-0.4, -0.2) is 35.8 Å². The van der Waals surface area contributed by atoms with E-state index in [9.17, 15) is 17.2 Å². The number of rotatable bonds is 6. The Morgan fingerprint density at radius 2 is 1.83 bits per heavy atom. The average molecular weight is 417 g/mol. The van der Waals surface area contributed by atoms with Crippen molar-refractivity contribution >= 4 is 10.0 Å². The Labute approximate surface area is 169 Å². The Hall–Kier alpha value is -2.71. The van der Waals surface area contributed by atoms with E-state index >= 15 is 0 Å². The molecule has 0 aliphatic carbocycles. The van der Waals surface area contributed by atoms with Crippen LogP contribution in [0.2, 0.25) is 0 Å². The minimum atomic E-state index is -3.74. The molecule has 3 aromatic rings. The fraction of sp³-hybridized carbons (Fsp3) is 0.238. The van der Waals surface area contributed by atoms with Crippen molar-refractivity contribution in [1.29, 1.82) is 0 Å². The molecule has 0 spiro atoms. The Morgan fingerprint density at radius 3 is 2.45 bits per heavy atom. The first-order valence-corrected chi connectivity index (χ1v) is 10.4. The SMILES string of the molecule is Cc1cc(S(=O)(=O)N(C)C(C)Cc2cnccn2)ccc1-c1ccc(F)c(F)c1. The summed E-state index contributed by atoms with van der Waals surface area (Å²) in [7, 11) is -2.22. The number of aryl methyl sites for hydroxylation is 1. The van der Waals surface area contributed by atoms with Crippen LogP contribution in [-0.2, 0) is 16.4 Å². The smallest absolute Gasteiger partial charge is 0.243 e. The van der Waals surface area contributed by atoms with E-state index in [1.54, 1.807) is 38.5 Å². The number of likely N-dealkylation sites (N-methyl/N-ethyl adjacent to an activating group) is 1. The van der Waals surface area contributed by atoms with Crippen LogP contribution in [0, 0.1) is 18.6 Å². The molecule has 2 aromatic carbocycles. The normalized spacial score (nSPS) is 12.9. The molecule has 0 saturated carbocycles. The van der Waals surface area contributed by atoms with Crippen LogP contribution in [0.3, 0.4) is 0 Å². The summed E-state index contributed by atoms with van der Waals surface area (Å²) in [6.07, 6.45) is 5.16. The lowest BCUT2D eigenvalue weighted by Gasteiger charge is -2.24. The number of hydrogen-bond acceptors (Lipinski definition) is 4. The molecule has 0 N–H and O–H groups in total. The van der Waals surface area contributed by atoms with E-state index < -0.39 is 21.7 Å². The zero-order valence-corrected chi connectivity index (χ0v) is 17.1. The molecular weight excluding hydrogens is 396 g/mol. The first-order valence-electron chi connectivity index (χ1n) is 8.99. The van der Waals surface area contributed by atoms with Gasteiger partial charge in [0.15, 0.2) is 11.6 Å². The number of halogens is 2. The molecule has 1 aromatic heterocycles. The van der Waals surface area contributed by atoms with Gasteiger partial charge in [-0.1, -0.05) is 12.1 Å². The molecule has 0 radical (unpaired) electrons. The highest BCUT2D eigenvalue weighted by atomic mass is 32.2. The van der Waals surface area contributed by atoms with Crippen molar-refractivity contribution in [2.24, 2.45) is 0 Å². The van der Waals surface area contributed by atoms with Gasteiger partial charge < -0.3 is 0 Å². The highest BCUT2D eigenvalue weighted by Crippen LogP contribution is 2.28. The Morgan fingerprint density at radius 1 is 1.07 bits per heavy atom. The minimum absolute atomic E-state index is 0.134. The molecule has 3 rings (SSSR count). The summed E-state index contributed by atoms with van der Waals surface area (Å²) < 4.78 is 54.1. The summed E-state index contributed by atoms with van der Waals surface area (Å²) in [5.74, 6) is -1.87. The molecule has 0 aliphatic heterocycles. The van der Waals surface area contributed by atoms with Gasteiger partial charge in [-0.3, -0.25) is 9.97 Å². The molecule has 8 heteroatoms. The number of aromatic nitrogens is 2. The summed E-state index contributed by atoms with van der Waals surface area (Å²) in [6, 6.07) is 7.91. The van der Waals surface area contributed by atoms with Crippen LogP contribution in [0.4, 0.5) is 8.78 Å². The van der Waals surface area contributed by atoms with Crippen molar-refractivity contribution in [3.8, 4) is 11.1 Å². The van der Waals surface area contributed by atoms with Crippen LogP contribution in [0.15, 0.2) is 59.9 Å². The topological polar surface area (TPSA) is 63.2 Å². The molecule has 29 heavy (non-hydrogen) atoms. The summed E-state index contributed by atoms with van der Waals surface area (Å²) in [5.41, 5.74) is 2.46. The molecule has 1 atom stereocenters. The van der Waals surface area contributed by atoms with Crippen LogP contribution < -0.4 is 0 Å². The van der Waals surface area contributed by atoms with E-state index in [1.807, 2.05) is 0 Å². The van der Waals surface area contributed by atoms with E-state index in [1.165, 1.54) is 29.6 Å². The summed E-state index contributed by atoms with van der Waals surface area (Å²) in [4.78, 5) is 8.32. The van der Waals surface area contributed by atoms with Crippen molar-refractivity contribution in [2.45, 2.75) is 31.2 Å². The molecule has 0 amide bonds. The Kier molecular flexibility index (Phi) is 6.04. The number of nitrogens with zero attached hydrogens (tertiary/aromatic N) is 3. The first kappa shape index (κ1) is 21.0. The van der Waals surface area contributed by atoms with Gasteiger partial charge in [-0.05, 0) is 54.8 Å². The van der Waals surface area contributed by atoms with Crippen molar-refractivity contribution in [3.05, 3.63) is 77.9 Å². The van der Waals surface area contributed by atoms with E-state index in [2.05, 4.69) is 9.97 Å². The van der Waals surface area contributed by atoms with Gasteiger partial charge in [-0.25, -0.2) is 17.2 Å². The second kappa shape index (κ2) is 8.34. The van der Waals surface area contributed by atoms with Crippen LogP contribution >= 0.6 is 0 Å². The zero-order valence-electron chi connectivity index (χ0n) is 16.3. The number of sulfonamides is 1. The lowest BCUT2D eigenvalue weighted by Crippen LogP contribution is -2.36. The van der Waals surface area contributed by atoms with Crippen molar-refractivity contribution in [2.75, 3.05) is 7.05 Å². The molecule has 0 aliphatic rings. The van der Waals surface area contributed by atoms with E-state index in [0.717, 1.165) is 12.1 Å². The van der Waals surface area contributed by atoms with Gasteiger partial charge in [-0.15, -0.1) is 0 Å². The maximum atomic E-state index is 13.6. The van der Waals surface area contributed by atoms with Crippen LogP contribution in [0.5, 0.6) is 0 Å².